The van der Waals surface area contributed by atoms with Crippen LogP contribution in [0.25, 0.3) is 22.3 Å². The van der Waals surface area contributed by atoms with Crippen LogP contribution in [0.3, 0.4) is 0 Å². The molecule has 33 heavy (non-hydrogen) atoms. The van der Waals surface area contributed by atoms with Crippen LogP contribution >= 0.6 is 0 Å². The average molecular weight is 438 g/mol. The number of nitrogens with two attached hydrogens (primary N) is 2. The standard InChI is InChI=1S/C28H27N3O2/c1-2-3-12-31-27(32)25-21-8-4-15-13-17(29)6-10-19(15)23(21)24-20-11-7-18(30)14-16(20)5-9-22(24)26(25)28(31)33/h6-7,10-11,13-14H,2-5,8-9,12,29-30H2,1H3. The van der Waals surface area contributed by atoms with Crippen LogP contribution < -0.4 is 11.5 Å². The van der Waals surface area contributed by atoms with Crippen molar-refractivity contribution < 1.29 is 9.59 Å². The van der Waals surface area contributed by atoms with Gasteiger partial charge in [-0.3, -0.25) is 14.5 Å². The molecule has 3 aromatic carbocycles. The summed E-state index contributed by atoms with van der Waals surface area (Å²) in [7, 11) is 0. The van der Waals surface area contributed by atoms with Crippen molar-refractivity contribution in [2.45, 2.75) is 45.4 Å². The topological polar surface area (TPSA) is 89.4 Å². The number of fused-ring (bicyclic) bond motifs is 10. The zero-order valence-corrected chi connectivity index (χ0v) is 18.8. The van der Waals surface area contributed by atoms with E-state index < -0.39 is 0 Å². The second kappa shape index (κ2) is 7.20. The number of nitrogen functional groups attached to an aromatic ring is 2. The molecule has 2 aliphatic carbocycles. The summed E-state index contributed by atoms with van der Waals surface area (Å²) >= 11 is 0. The monoisotopic (exact) mass is 437 g/mol. The number of carbonyl (C=O) groups excluding carboxylic acids is 2. The minimum Gasteiger partial charge on any atom is -0.399 e. The lowest BCUT2D eigenvalue weighted by Crippen LogP contribution is -2.31. The van der Waals surface area contributed by atoms with Gasteiger partial charge in [-0.15, -0.1) is 0 Å². The van der Waals surface area contributed by atoms with E-state index in [1.807, 2.05) is 24.3 Å². The molecule has 0 radical (unpaired) electrons. The Labute approximate surface area is 193 Å². The van der Waals surface area contributed by atoms with Crippen molar-refractivity contribution >= 4 is 23.2 Å². The first-order valence-corrected chi connectivity index (χ1v) is 11.8. The summed E-state index contributed by atoms with van der Waals surface area (Å²) in [5.74, 6) is -0.242. The highest BCUT2D eigenvalue weighted by Crippen LogP contribution is 2.50. The molecule has 0 bridgehead atoms. The van der Waals surface area contributed by atoms with E-state index >= 15 is 0 Å². The molecule has 0 aromatic heterocycles. The average Bonchev–Trinajstić information content (AvgIpc) is 3.06. The van der Waals surface area contributed by atoms with Gasteiger partial charge in [0.1, 0.15) is 0 Å². The second-order valence-corrected chi connectivity index (χ2v) is 9.41. The molecular formula is C28H27N3O2. The molecule has 6 rings (SSSR count). The number of anilines is 2. The molecule has 1 heterocycles. The van der Waals surface area contributed by atoms with Crippen LogP contribution in [0.1, 0.15) is 62.7 Å². The van der Waals surface area contributed by atoms with Gasteiger partial charge in [-0.05, 0) is 101 Å². The molecule has 4 N–H and O–H groups in total. The lowest BCUT2D eigenvalue weighted by atomic mass is 9.72. The number of unbranched alkanes of at least 4 members (excludes halogenated alkanes) is 1. The predicted molar refractivity (Wildman–Crippen MR) is 131 cm³/mol. The number of nitrogens with zero attached hydrogens (tertiary/aromatic N) is 1. The molecule has 0 saturated carbocycles. The van der Waals surface area contributed by atoms with Crippen LogP contribution in [0.5, 0.6) is 0 Å². The van der Waals surface area contributed by atoms with Gasteiger partial charge in [-0.2, -0.15) is 0 Å². The molecule has 0 saturated heterocycles. The Morgan fingerprint density at radius 1 is 0.727 bits per heavy atom. The van der Waals surface area contributed by atoms with Crippen molar-refractivity contribution in [3.05, 3.63) is 69.8 Å². The Kier molecular flexibility index (Phi) is 4.37. The molecule has 0 spiro atoms. The normalized spacial score (nSPS) is 15.6. The minimum absolute atomic E-state index is 0.121. The number of rotatable bonds is 3. The number of aryl methyl sites for hydroxylation is 2. The third kappa shape index (κ3) is 2.78. The maximum absolute atomic E-state index is 13.6. The van der Waals surface area contributed by atoms with Gasteiger partial charge in [-0.25, -0.2) is 0 Å². The van der Waals surface area contributed by atoms with Gasteiger partial charge in [0, 0.05) is 17.9 Å². The minimum atomic E-state index is -0.121. The first-order chi connectivity index (χ1) is 16.0. The van der Waals surface area contributed by atoms with Crippen molar-refractivity contribution in [2.75, 3.05) is 18.0 Å². The number of carbonyl (C=O) groups is 2. The van der Waals surface area contributed by atoms with Crippen molar-refractivity contribution in [2.24, 2.45) is 0 Å². The highest BCUT2D eigenvalue weighted by Gasteiger charge is 2.43. The summed E-state index contributed by atoms with van der Waals surface area (Å²) < 4.78 is 0. The van der Waals surface area contributed by atoms with E-state index in [0.717, 1.165) is 83.3 Å². The largest absolute Gasteiger partial charge is 0.399 e. The number of hydrogen-bond acceptors (Lipinski definition) is 4. The zero-order valence-electron chi connectivity index (χ0n) is 18.8. The molecule has 0 fully saturated rings. The molecule has 0 unspecified atom stereocenters. The van der Waals surface area contributed by atoms with Crippen LogP contribution in [0.15, 0.2) is 36.4 Å². The van der Waals surface area contributed by atoms with Gasteiger partial charge < -0.3 is 11.5 Å². The SMILES string of the molecule is CCCCN1C(=O)c2c3c(c4c(c2C1=O)CCc1cc(N)ccc1-4)-c1ccc(N)cc1CC3. The fraction of sp³-hybridized carbons (Fsp3) is 0.286. The molecule has 3 aliphatic rings. The van der Waals surface area contributed by atoms with E-state index in [1.54, 1.807) is 0 Å². The van der Waals surface area contributed by atoms with Crippen LogP contribution in [0.4, 0.5) is 11.4 Å². The number of hydrogen-bond donors (Lipinski definition) is 2. The van der Waals surface area contributed by atoms with E-state index in [1.165, 1.54) is 16.0 Å². The van der Waals surface area contributed by atoms with Gasteiger partial charge in [0.05, 0.1) is 11.1 Å². The van der Waals surface area contributed by atoms with Gasteiger partial charge in [-0.1, -0.05) is 25.5 Å². The summed E-state index contributed by atoms with van der Waals surface area (Å²) in [6.45, 7) is 2.56. The highest BCUT2D eigenvalue weighted by molar-refractivity contribution is 6.25. The van der Waals surface area contributed by atoms with E-state index in [0.29, 0.717) is 17.7 Å². The second-order valence-electron chi connectivity index (χ2n) is 9.41. The van der Waals surface area contributed by atoms with Crippen LogP contribution in [-0.2, 0) is 25.7 Å². The van der Waals surface area contributed by atoms with Gasteiger partial charge in [0.2, 0.25) is 0 Å². The van der Waals surface area contributed by atoms with E-state index in [-0.39, 0.29) is 11.8 Å². The summed E-state index contributed by atoms with van der Waals surface area (Å²) in [6.07, 6.45) is 4.83. The zero-order chi connectivity index (χ0) is 22.9. The highest BCUT2D eigenvalue weighted by atomic mass is 16.2. The summed E-state index contributed by atoms with van der Waals surface area (Å²) in [4.78, 5) is 28.7. The van der Waals surface area contributed by atoms with Gasteiger partial charge in [0.15, 0.2) is 0 Å². The lowest BCUT2D eigenvalue weighted by molar-refractivity contribution is 0.0651. The number of benzene rings is 3. The Morgan fingerprint density at radius 3 is 1.67 bits per heavy atom. The number of imide groups is 1. The predicted octanol–water partition coefficient (Wildman–Crippen LogP) is 4.78. The number of amides is 2. The summed E-state index contributed by atoms with van der Waals surface area (Å²) in [5, 5.41) is 0. The molecule has 5 nitrogen and oxygen atoms in total. The van der Waals surface area contributed by atoms with E-state index in [4.69, 9.17) is 11.5 Å². The Hall–Kier alpha value is -3.60. The Bertz CT molecular complexity index is 1270. The molecular weight excluding hydrogens is 410 g/mol. The van der Waals surface area contributed by atoms with Crippen molar-refractivity contribution in [1.82, 2.24) is 4.90 Å². The lowest BCUT2D eigenvalue weighted by Gasteiger charge is -2.31. The first-order valence-electron chi connectivity index (χ1n) is 11.8. The molecule has 3 aromatic rings. The maximum atomic E-state index is 13.6. The third-order valence-electron chi connectivity index (χ3n) is 7.45. The summed E-state index contributed by atoms with van der Waals surface area (Å²) in [6, 6.07) is 12.1. The molecule has 166 valence electrons. The van der Waals surface area contributed by atoms with Crippen LogP contribution in [0, 0.1) is 0 Å². The molecule has 1 aliphatic heterocycles. The Balaban J connectivity index is 1.70. The molecule has 0 atom stereocenters. The Morgan fingerprint density at radius 2 is 1.21 bits per heavy atom. The van der Waals surface area contributed by atoms with Crippen molar-refractivity contribution in [1.29, 1.82) is 0 Å². The van der Waals surface area contributed by atoms with Gasteiger partial charge in [0.25, 0.3) is 11.8 Å². The molecule has 5 heteroatoms. The van der Waals surface area contributed by atoms with E-state index in [2.05, 4.69) is 19.1 Å². The van der Waals surface area contributed by atoms with Crippen LogP contribution in [0.2, 0.25) is 0 Å². The first kappa shape index (κ1) is 20.0. The van der Waals surface area contributed by atoms with Gasteiger partial charge >= 0.3 is 0 Å². The molecule has 2 amide bonds. The maximum Gasteiger partial charge on any atom is 0.261 e. The quantitative estimate of drug-likeness (QED) is 0.456. The van der Waals surface area contributed by atoms with Crippen molar-refractivity contribution in [3.8, 4) is 22.3 Å². The van der Waals surface area contributed by atoms with Crippen LogP contribution in [-0.4, -0.2) is 23.3 Å². The fourth-order valence-electron chi connectivity index (χ4n) is 5.95. The van der Waals surface area contributed by atoms with Crippen molar-refractivity contribution in [3.63, 3.8) is 0 Å². The third-order valence-corrected chi connectivity index (χ3v) is 7.45. The smallest absolute Gasteiger partial charge is 0.261 e. The van der Waals surface area contributed by atoms with E-state index in [9.17, 15) is 9.59 Å². The summed E-state index contributed by atoms with van der Waals surface area (Å²) in [5.41, 5.74) is 23.9. The fourth-order valence-corrected chi connectivity index (χ4v) is 5.95.